The van der Waals surface area contributed by atoms with E-state index >= 15 is 0 Å². The van der Waals surface area contributed by atoms with Gasteiger partial charge in [-0.05, 0) is 25.9 Å². The van der Waals surface area contributed by atoms with Crippen LogP contribution in [0.4, 0.5) is 0 Å². The first-order valence-corrected chi connectivity index (χ1v) is 6.21. The molecule has 0 saturated carbocycles. The van der Waals surface area contributed by atoms with Crippen molar-refractivity contribution in [3.8, 4) is 0 Å². The number of nitrogens with zero attached hydrogens (tertiary/aromatic N) is 2. The van der Waals surface area contributed by atoms with Gasteiger partial charge in [-0.1, -0.05) is 6.42 Å². The molecule has 0 spiro atoms. The predicted molar refractivity (Wildman–Crippen MR) is 60.7 cm³/mol. The van der Waals surface area contributed by atoms with Crippen molar-refractivity contribution in [3.05, 3.63) is 0 Å². The topological polar surface area (TPSA) is 38.7 Å². The Morgan fingerprint density at radius 3 is 2.33 bits per heavy atom. The predicted octanol–water partition coefficient (Wildman–Crippen LogP) is -0.304. The molecular formula is C11H23N3O. The van der Waals surface area contributed by atoms with Crippen molar-refractivity contribution in [2.24, 2.45) is 0 Å². The second-order valence-corrected chi connectivity index (χ2v) is 4.63. The average Bonchev–Trinajstić information content (AvgIpc) is 2.31. The van der Waals surface area contributed by atoms with Crippen LogP contribution in [0.15, 0.2) is 0 Å². The molecule has 0 aromatic rings. The van der Waals surface area contributed by atoms with Crippen molar-refractivity contribution in [2.45, 2.75) is 25.5 Å². The van der Waals surface area contributed by atoms with E-state index in [1.54, 1.807) is 0 Å². The highest BCUT2D eigenvalue weighted by Crippen LogP contribution is 2.10. The summed E-state index contributed by atoms with van der Waals surface area (Å²) in [6.07, 6.45) is 3.70. The standard InChI is InChI=1S/C11H23N3O/c15-11(14-8-4-12-5-9-14)10-13-6-2-1-3-7-13/h11-12,15H,1-10H2. The molecular weight excluding hydrogens is 190 g/mol. The van der Waals surface area contributed by atoms with Gasteiger partial charge in [-0.3, -0.25) is 9.80 Å². The number of nitrogens with one attached hydrogen (secondary N) is 1. The molecule has 1 atom stereocenters. The zero-order valence-corrected chi connectivity index (χ0v) is 9.49. The Labute approximate surface area is 92.2 Å². The molecule has 2 aliphatic rings. The van der Waals surface area contributed by atoms with Crippen LogP contribution in [0.3, 0.4) is 0 Å². The first-order valence-electron chi connectivity index (χ1n) is 6.21. The number of piperidine rings is 1. The lowest BCUT2D eigenvalue weighted by molar-refractivity contribution is -0.0296. The third-order valence-electron chi connectivity index (χ3n) is 3.44. The second kappa shape index (κ2) is 5.80. The van der Waals surface area contributed by atoms with Crippen LogP contribution >= 0.6 is 0 Å². The number of hydrogen-bond acceptors (Lipinski definition) is 4. The summed E-state index contributed by atoms with van der Waals surface area (Å²) in [7, 11) is 0. The second-order valence-electron chi connectivity index (χ2n) is 4.63. The van der Waals surface area contributed by atoms with E-state index in [9.17, 15) is 5.11 Å². The highest BCUT2D eigenvalue weighted by atomic mass is 16.3. The molecule has 1 unspecified atom stereocenters. The minimum absolute atomic E-state index is 0.259. The van der Waals surface area contributed by atoms with Crippen LogP contribution in [0.25, 0.3) is 0 Å². The normalized spacial score (nSPS) is 27.8. The largest absolute Gasteiger partial charge is 0.377 e. The summed E-state index contributed by atoms with van der Waals surface area (Å²) in [6.45, 7) is 7.16. The first kappa shape index (κ1) is 11.3. The van der Waals surface area contributed by atoms with E-state index in [0.717, 1.165) is 32.7 Å². The van der Waals surface area contributed by atoms with Gasteiger partial charge < -0.3 is 10.4 Å². The van der Waals surface area contributed by atoms with Gasteiger partial charge >= 0.3 is 0 Å². The van der Waals surface area contributed by atoms with E-state index in [-0.39, 0.29) is 6.23 Å². The van der Waals surface area contributed by atoms with Crippen LogP contribution in [0.1, 0.15) is 19.3 Å². The third kappa shape index (κ3) is 3.41. The van der Waals surface area contributed by atoms with Crippen LogP contribution < -0.4 is 5.32 Å². The van der Waals surface area contributed by atoms with Gasteiger partial charge in [0.1, 0.15) is 6.23 Å². The summed E-state index contributed by atoms with van der Waals surface area (Å²) in [4.78, 5) is 4.58. The lowest BCUT2D eigenvalue weighted by atomic mass is 10.1. The van der Waals surface area contributed by atoms with E-state index in [2.05, 4.69) is 15.1 Å². The Bertz CT molecular complexity index is 177. The van der Waals surface area contributed by atoms with E-state index in [0.29, 0.717) is 0 Å². The average molecular weight is 213 g/mol. The smallest absolute Gasteiger partial charge is 0.120 e. The van der Waals surface area contributed by atoms with Crippen LogP contribution in [-0.4, -0.2) is 66.9 Å². The molecule has 2 aliphatic heterocycles. The number of aliphatic hydroxyl groups excluding tert-OH is 1. The van der Waals surface area contributed by atoms with Gasteiger partial charge in [0, 0.05) is 32.7 Å². The maximum absolute atomic E-state index is 10.1. The fourth-order valence-electron chi connectivity index (χ4n) is 2.47. The zero-order valence-electron chi connectivity index (χ0n) is 9.49. The molecule has 2 fully saturated rings. The molecule has 2 N–H and O–H groups in total. The minimum atomic E-state index is -0.259. The van der Waals surface area contributed by atoms with E-state index in [1.807, 2.05) is 0 Å². The molecule has 2 rings (SSSR count). The Hall–Kier alpha value is -0.160. The van der Waals surface area contributed by atoms with Gasteiger partial charge in [-0.2, -0.15) is 0 Å². The molecule has 2 heterocycles. The van der Waals surface area contributed by atoms with Crippen LogP contribution in [0.2, 0.25) is 0 Å². The summed E-state index contributed by atoms with van der Waals surface area (Å²) < 4.78 is 0. The first-order chi connectivity index (χ1) is 7.36. The number of hydrogen-bond donors (Lipinski definition) is 2. The van der Waals surface area contributed by atoms with Gasteiger partial charge in [-0.25, -0.2) is 0 Å². The Kier molecular flexibility index (Phi) is 4.38. The van der Waals surface area contributed by atoms with Crippen molar-refractivity contribution >= 4 is 0 Å². The van der Waals surface area contributed by atoms with Crippen LogP contribution in [0.5, 0.6) is 0 Å². The van der Waals surface area contributed by atoms with Crippen molar-refractivity contribution in [1.82, 2.24) is 15.1 Å². The van der Waals surface area contributed by atoms with Gasteiger partial charge in [0.05, 0.1) is 0 Å². The highest BCUT2D eigenvalue weighted by Gasteiger charge is 2.21. The van der Waals surface area contributed by atoms with Gasteiger partial charge in [-0.15, -0.1) is 0 Å². The van der Waals surface area contributed by atoms with Crippen LogP contribution in [0, 0.1) is 0 Å². The summed E-state index contributed by atoms with van der Waals surface area (Å²) in [5, 5.41) is 13.4. The summed E-state index contributed by atoms with van der Waals surface area (Å²) >= 11 is 0. The Morgan fingerprint density at radius 2 is 1.67 bits per heavy atom. The summed E-state index contributed by atoms with van der Waals surface area (Å²) in [5.41, 5.74) is 0. The molecule has 0 bridgehead atoms. The molecule has 0 radical (unpaired) electrons. The number of rotatable bonds is 3. The van der Waals surface area contributed by atoms with Crippen molar-refractivity contribution in [3.63, 3.8) is 0 Å². The monoisotopic (exact) mass is 213 g/mol. The SMILES string of the molecule is OC(CN1CCCCC1)N1CCNCC1. The molecule has 88 valence electrons. The van der Waals surface area contributed by atoms with E-state index < -0.39 is 0 Å². The Balaban J connectivity index is 1.72. The van der Waals surface area contributed by atoms with Gasteiger partial charge in [0.2, 0.25) is 0 Å². The molecule has 4 heteroatoms. The minimum Gasteiger partial charge on any atom is -0.377 e. The fourth-order valence-corrected chi connectivity index (χ4v) is 2.47. The van der Waals surface area contributed by atoms with Crippen LogP contribution in [-0.2, 0) is 0 Å². The lowest BCUT2D eigenvalue weighted by Crippen LogP contribution is -2.52. The fraction of sp³-hybridized carbons (Fsp3) is 1.00. The van der Waals surface area contributed by atoms with Crippen molar-refractivity contribution in [2.75, 3.05) is 45.8 Å². The highest BCUT2D eigenvalue weighted by molar-refractivity contribution is 4.74. The van der Waals surface area contributed by atoms with Gasteiger partial charge in [0.15, 0.2) is 0 Å². The van der Waals surface area contributed by atoms with Crippen molar-refractivity contribution < 1.29 is 5.11 Å². The molecule has 0 aliphatic carbocycles. The number of likely N-dealkylation sites (tertiary alicyclic amines) is 1. The van der Waals surface area contributed by atoms with Gasteiger partial charge in [0.25, 0.3) is 0 Å². The summed E-state index contributed by atoms with van der Waals surface area (Å²) in [6, 6.07) is 0. The van der Waals surface area contributed by atoms with E-state index in [1.165, 1.54) is 32.4 Å². The zero-order chi connectivity index (χ0) is 10.5. The maximum atomic E-state index is 10.1. The molecule has 0 amide bonds. The number of β-amino-alcohol motifs (C(OH)–C–C–N with tert-alkyl or cyclic N) is 1. The van der Waals surface area contributed by atoms with Crippen molar-refractivity contribution in [1.29, 1.82) is 0 Å². The maximum Gasteiger partial charge on any atom is 0.120 e. The number of aliphatic hydroxyl groups is 1. The Morgan fingerprint density at radius 1 is 1.00 bits per heavy atom. The lowest BCUT2D eigenvalue weighted by Gasteiger charge is -2.35. The summed E-state index contributed by atoms with van der Waals surface area (Å²) in [5.74, 6) is 0. The number of piperazine rings is 1. The van der Waals surface area contributed by atoms with E-state index in [4.69, 9.17) is 0 Å². The molecule has 0 aromatic heterocycles. The molecule has 2 saturated heterocycles. The molecule has 15 heavy (non-hydrogen) atoms. The third-order valence-corrected chi connectivity index (χ3v) is 3.44. The molecule has 0 aromatic carbocycles. The molecule has 4 nitrogen and oxygen atoms in total. The quantitative estimate of drug-likeness (QED) is 0.675.